The number of aliphatic hydroxyl groups excluding tert-OH is 1. The van der Waals surface area contributed by atoms with Gasteiger partial charge in [-0.1, -0.05) is 143 Å². The van der Waals surface area contributed by atoms with Gasteiger partial charge in [-0.25, -0.2) is 4.79 Å². The number of carbonyl (C=O) groups excluding carboxylic acids is 2. The molecule has 0 aromatic heterocycles. The highest BCUT2D eigenvalue weighted by molar-refractivity contribution is 5.84. The molecule has 0 saturated carbocycles. The number of carbonyl (C=O) groups is 2. The normalized spacial score (nSPS) is 12.4. The molecule has 2 amide bonds. The van der Waals surface area contributed by atoms with Crippen molar-refractivity contribution < 1.29 is 28.9 Å². The molecule has 0 atom stereocenters. The fourth-order valence-electron chi connectivity index (χ4n) is 8.57. The predicted octanol–water partition coefficient (Wildman–Crippen LogP) is 12.3. The van der Waals surface area contributed by atoms with E-state index >= 15 is 0 Å². The quantitative estimate of drug-likeness (QED) is 0.0600. The molecule has 324 valence electrons. The molecule has 61 heavy (non-hydrogen) atoms. The topological polar surface area (TPSA) is 106 Å². The zero-order chi connectivity index (χ0) is 44.6. The molecule has 3 N–H and O–H groups in total. The average molecular weight is 827 g/mol. The molecule has 5 rings (SSSR count). The minimum absolute atomic E-state index is 0.0246. The molecular weight excluding hydrogens is 761 g/mol. The van der Waals surface area contributed by atoms with Gasteiger partial charge in [0.1, 0.15) is 11.5 Å². The summed E-state index contributed by atoms with van der Waals surface area (Å²) >= 11 is 0. The summed E-state index contributed by atoms with van der Waals surface area (Å²) < 4.78 is 16.4. The van der Waals surface area contributed by atoms with Crippen molar-refractivity contribution in [1.29, 1.82) is 0 Å². The number of hydrogen-bond acceptors (Lipinski definition) is 6. The van der Waals surface area contributed by atoms with Crippen molar-refractivity contribution in [3.63, 3.8) is 0 Å². The first-order valence-electron chi connectivity index (χ1n) is 21.2. The van der Waals surface area contributed by atoms with Crippen molar-refractivity contribution in [2.45, 2.75) is 122 Å². The summed E-state index contributed by atoms with van der Waals surface area (Å²) in [4.78, 5) is 23.2. The third-order valence-corrected chi connectivity index (χ3v) is 11.8. The second-order valence-corrected chi connectivity index (χ2v) is 19.9. The largest absolute Gasteiger partial charge is 0.468 e. The number of nitrogens with one attached hydrogen (secondary N) is 2. The Bertz CT molecular complexity index is 2210. The van der Waals surface area contributed by atoms with Crippen molar-refractivity contribution in [1.82, 2.24) is 0 Å². The van der Waals surface area contributed by atoms with Crippen LogP contribution in [0.25, 0.3) is 0 Å². The van der Waals surface area contributed by atoms with Crippen molar-refractivity contribution in [2.24, 2.45) is 0 Å². The molecule has 0 heterocycles. The molecule has 5 aromatic carbocycles. The van der Waals surface area contributed by atoms with Crippen LogP contribution < -0.4 is 20.1 Å². The molecule has 5 aromatic rings. The molecule has 0 spiro atoms. The molecule has 0 aliphatic rings. The lowest BCUT2D eigenvalue weighted by molar-refractivity contribution is -0.105. The van der Waals surface area contributed by atoms with E-state index in [0.29, 0.717) is 23.6 Å². The molecule has 0 radical (unpaired) electrons. The second-order valence-electron chi connectivity index (χ2n) is 19.9. The van der Waals surface area contributed by atoms with Crippen molar-refractivity contribution >= 4 is 23.9 Å². The van der Waals surface area contributed by atoms with Crippen LogP contribution in [0.1, 0.15) is 128 Å². The fraction of sp³-hybridized carbons (Fsp3) is 0.396. The highest BCUT2D eigenvalue weighted by Crippen LogP contribution is 2.45. The number of ether oxygens (including phenoxy) is 3. The minimum Gasteiger partial charge on any atom is -0.468 e. The summed E-state index contributed by atoms with van der Waals surface area (Å²) in [7, 11) is 0. The van der Waals surface area contributed by atoms with Crippen molar-refractivity contribution in [3.8, 4) is 11.5 Å². The van der Waals surface area contributed by atoms with Crippen LogP contribution in [0.15, 0.2) is 115 Å². The summed E-state index contributed by atoms with van der Waals surface area (Å²) in [5.41, 5.74) is 9.46. The summed E-state index contributed by atoms with van der Waals surface area (Å²) in [6.07, 6.45) is 2.64. The van der Waals surface area contributed by atoms with Gasteiger partial charge in [0.25, 0.3) is 0 Å². The van der Waals surface area contributed by atoms with Crippen LogP contribution in [0.5, 0.6) is 11.5 Å². The standard InChI is InChI=1S/C53H66N2O6/c1-49(2,3)41-29-42(52(8,9)32-50(4,5)39-16-24-46(25-17-39)59-35-57)31-43(30-41)53(10,11)33-51(6,7)40-18-26-47(27-19-40)60-36-61-48(58)55-45-22-14-38(15-23-45)28-37-12-20-44(21-13-37)54-34-56/h12-27,29-31,34,57H,28,32-33,35-36H2,1-11H3,(H,54,56)(H,55,58). The molecule has 0 aliphatic heterocycles. The number of rotatable bonds is 18. The smallest absolute Gasteiger partial charge is 0.414 e. The van der Waals surface area contributed by atoms with E-state index in [-0.39, 0.29) is 40.7 Å². The van der Waals surface area contributed by atoms with Gasteiger partial charge in [-0.15, -0.1) is 0 Å². The molecular formula is C53H66N2O6. The molecule has 0 unspecified atom stereocenters. The van der Waals surface area contributed by atoms with Crippen LogP contribution in [0.4, 0.5) is 16.2 Å². The first kappa shape index (κ1) is 46.5. The first-order valence-corrected chi connectivity index (χ1v) is 21.2. The summed E-state index contributed by atoms with van der Waals surface area (Å²) in [5, 5.41) is 14.6. The monoisotopic (exact) mass is 826 g/mol. The number of benzene rings is 5. The van der Waals surface area contributed by atoms with Gasteiger partial charge in [-0.2, -0.15) is 0 Å². The lowest BCUT2D eigenvalue weighted by atomic mass is 9.65. The third-order valence-electron chi connectivity index (χ3n) is 11.8. The second kappa shape index (κ2) is 19.0. The average Bonchev–Trinajstić information content (AvgIpc) is 3.19. The fourth-order valence-corrected chi connectivity index (χ4v) is 8.57. The van der Waals surface area contributed by atoms with Crippen molar-refractivity contribution in [2.75, 3.05) is 24.2 Å². The zero-order valence-electron chi connectivity index (χ0n) is 38.1. The number of aliphatic hydroxyl groups is 1. The Kier molecular flexibility index (Phi) is 14.5. The highest BCUT2D eigenvalue weighted by Gasteiger charge is 2.36. The van der Waals surface area contributed by atoms with E-state index in [4.69, 9.17) is 14.2 Å². The first-order chi connectivity index (χ1) is 28.6. The summed E-state index contributed by atoms with van der Waals surface area (Å²) in [5.74, 6) is 1.28. The van der Waals surface area contributed by atoms with Crippen LogP contribution >= 0.6 is 0 Å². The lowest BCUT2D eigenvalue weighted by Gasteiger charge is -2.40. The highest BCUT2D eigenvalue weighted by atomic mass is 16.7. The lowest BCUT2D eigenvalue weighted by Crippen LogP contribution is -2.32. The van der Waals surface area contributed by atoms with Crippen LogP contribution in [0.3, 0.4) is 0 Å². The Morgan fingerprint density at radius 1 is 0.541 bits per heavy atom. The van der Waals surface area contributed by atoms with Gasteiger partial charge in [0, 0.05) is 11.4 Å². The van der Waals surface area contributed by atoms with E-state index in [1.54, 1.807) is 0 Å². The Balaban J connectivity index is 1.19. The Labute approximate surface area is 364 Å². The summed E-state index contributed by atoms with van der Waals surface area (Å²) in [6, 6.07) is 38.7. The Morgan fingerprint density at radius 3 is 1.38 bits per heavy atom. The van der Waals surface area contributed by atoms with Gasteiger partial charge >= 0.3 is 6.09 Å². The number of anilines is 2. The maximum atomic E-state index is 12.5. The maximum absolute atomic E-state index is 12.5. The molecule has 8 heteroatoms. The van der Waals surface area contributed by atoms with Crippen molar-refractivity contribution in [3.05, 3.63) is 154 Å². The van der Waals surface area contributed by atoms with Gasteiger partial charge in [0.15, 0.2) is 6.79 Å². The predicted molar refractivity (Wildman–Crippen MR) is 248 cm³/mol. The van der Waals surface area contributed by atoms with E-state index in [1.165, 1.54) is 27.8 Å². The van der Waals surface area contributed by atoms with Crippen LogP contribution in [-0.2, 0) is 43.0 Å². The molecule has 0 fully saturated rings. The zero-order valence-corrected chi connectivity index (χ0v) is 38.1. The van der Waals surface area contributed by atoms with E-state index in [0.717, 1.165) is 36.1 Å². The van der Waals surface area contributed by atoms with E-state index in [1.807, 2.05) is 72.8 Å². The minimum atomic E-state index is -0.600. The van der Waals surface area contributed by atoms with Crippen LogP contribution in [0.2, 0.25) is 0 Å². The number of amides is 2. The van der Waals surface area contributed by atoms with E-state index in [2.05, 4.69) is 129 Å². The van der Waals surface area contributed by atoms with E-state index < -0.39 is 6.09 Å². The van der Waals surface area contributed by atoms with Gasteiger partial charge in [-0.05, 0) is 134 Å². The van der Waals surface area contributed by atoms with Crippen LogP contribution in [-0.4, -0.2) is 31.2 Å². The van der Waals surface area contributed by atoms with Gasteiger partial charge in [0.05, 0.1) is 0 Å². The maximum Gasteiger partial charge on any atom is 0.414 e. The van der Waals surface area contributed by atoms with E-state index in [9.17, 15) is 14.7 Å². The summed E-state index contributed by atoms with van der Waals surface area (Å²) in [6.45, 7) is 25.0. The Hall–Kier alpha value is -5.60. The van der Waals surface area contributed by atoms with Gasteiger partial charge in [0.2, 0.25) is 13.2 Å². The Morgan fingerprint density at radius 2 is 0.951 bits per heavy atom. The number of hydrogen-bond donors (Lipinski definition) is 3. The molecule has 0 bridgehead atoms. The van der Waals surface area contributed by atoms with Crippen LogP contribution in [0, 0.1) is 0 Å². The molecule has 0 aliphatic carbocycles. The third kappa shape index (κ3) is 12.7. The van der Waals surface area contributed by atoms with Gasteiger partial charge in [-0.3, -0.25) is 10.1 Å². The molecule has 0 saturated heterocycles. The SMILES string of the molecule is CC(C)(C)c1cc(C(C)(C)CC(C)(C)c2ccc(OCO)cc2)cc(C(C)(C)CC(C)(C)c2ccc(OCOC(=O)Nc3ccc(Cc4ccc(NC=O)cc4)cc3)cc2)c1. The van der Waals surface area contributed by atoms with Gasteiger partial charge < -0.3 is 24.6 Å². The molecule has 8 nitrogen and oxygen atoms in total.